The number of allylic oxidation sites excluding steroid dienone is 1. The first kappa shape index (κ1) is 23.3. The molecule has 0 radical (unpaired) electrons. The van der Waals surface area contributed by atoms with Gasteiger partial charge in [0.25, 0.3) is 0 Å². The summed E-state index contributed by atoms with van der Waals surface area (Å²) in [5, 5.41) is 0.768. The predicted octanol–water partition coefficient (Wildman–Crippen LogP) is 8.97. The van der Waals surface area contributed by atoms with E-state index in [1.54, 1.807) is 5.56 Å². The van der Waals surface area contributed by atoms with E-state index in [0.717, 1.165) is 47.0 Å². The van der Waals surface area contributed by atoms with Crippen LogP contribution in [0.2, 0.25) is 5.02 Å². The zero-order valence-electron chi connectivity index (χ0n) is 21.8. The Morgan fingerprint density at radius 1 is 1.00 bits per heavy atom. The Labute approximate surface area is 216 Å². The van der Waals surface area contributed by atoms with Crippen molar-refractivity contribution in [3.8, 4) is 0 Å². The van der Waals surface area contributed by atoms with E-state index in [-0.39, 0.29) is 5.54 Å². The number of nitrogens with zero attached hydrogens (tertiary/aromatic N) is 2. The maximum absolute atomic E-state index is 6.80. The van der Waals surface area contributed by atoms with Gasteiger partial charge in [0.15, 0.2) is 0 Å². The molecule has 2 aromatic carbocycles. The van der Waals surface area contributed by atoms with Gasteiger partial charge in [0.1, 0.15) is 0 Å². The molecule has 0 unspecified atom stereocenters. The maximum Gasteiger partial charge on any atom is 0.0630 e. The molecule has 5 aliphatic rings. The van der Waals surface area contributed by atoms with Gasteiger partial charge in [-0.2, -0.15) is 0 Å². The molecule has 1 heterocycles. The molecular weight excluding hydrogens is 448 g/mol. The second-order valence-electron chi connectivity index (χ2n) is 12.5. The first-order valence-corrected chi connectivity index (χ1v) is 14.1. The molecule has 2 nitrogen and oxygen atoms in total. The van der Waals surface area contributed by atoms with Crippen LogP contribution in [0.5, 0.6) is 0 Å². The second-order valence-corrected chi connectivity index (χ2v) is 12.9. The van der Waals surface area contributed by atoms with Gasteiger partial charge in [0.05, 0.1) is 16.2 Å². The van der Waals surface area contributed by atoms with E-state index in [4.69, 9.17) is 16.6 Å². The lowest BCUT2D eigenvalue weighted by Crippen LogP contribution is -2.48. The molecular formula is C32H39ClN2. The molecule has 4 saturated carbocycles. The molecule has 184 valence electrons. The Bertz CT molecular complexity index is 1150. The molecule has 3 heteroatoms. The summed E-state index contributed by atoms with van der Waals surface area (Å²) in [6.07, 6.45) is 14.1. The lowest BCUT2D eigenvalue weighted by molar-refractivity contribution is -0.00518. The van der Waals surface area contributed by atoms with Crippen LogP contribution in [0.3, 0.4) is 0 Å². The molecule has 2 aromatic rings. The molecule has 1 aliphatic heterocycles. The number of fused-ring (bicyclic) bond motifs is 1. The van der Waals surface area contributed by atoms with Crippen LogP contribution in [0.1, 0.15) is 89.3 Å². The summed E-state index contributed by atoms with van der Waals surface area (Å²) in [7, 11) is 0. The van der Waals surface area contributed by atoms with Gasteiger partial charge in [-0.25, -0.2) is 0 Å². The predicted molar refractivity (Wildman–Crippen MR) is 150 cm³/mol. The van der Waals surface area contributed by atoms with Crippen molar-refractivity contribution in [3.05, 3.63) is 64.2 Å². The van der Waals surface area contributed by atoms with Crippen LogP contribution in [0.25, 0.3) is 5.57 Å². The number of hydrogen-bond donors (Lipinski definition) is 0. The summed E-state index contributed by atoms with van der Waals surface area (Å²) < 4.78 is 0. The van der Waals surface area contributed by atoms with Crippen molar-refractivity contribution in [1.82, 2.24) is 0 Å². The first-order chi connectivity index (χ1) is 16.8. The summed E-state index contributed by atoms with van der Waals surface area (Å²) in [6, 6.07) is 13.5. The number of aliphatic imine (C=N–C) groups is 1. The molecule has 0 spiro atoms. The third-order valence-electron chi connectivity index (χ3n) is 9.41. The Morgan fingerprint density at radius 3 is 2.23 bits per heavy atom. The number of anilines is 1. The van der Waals surface area contributed by atoms with Crippen molar-refractivity contribution in [1.29, 1.82) is 0 Å². The second kappa shape index (κ2) is 8.51. The Morgan fingerprint density at radius 2 is 1.63 bits per heavy atom. The van der Waals surface area contributed by atoms with Crippen molar-refractivity contribution in [3.63, 3.8) is 0 Å². The third kappa shape index (κ3) is 4.06. The SMILES string of the molecule is CCCN1c2cc(Cl)c(C=Nc3ccc(C45CC6CC(CC(C6)C4)C5)cc3)cc2C(C)=CC1(C)C. The third-order valence-corrected chi connectivity index (χ3v) is 9.74. The number of rotatable bonds is 5. The molecule has 0 N–H and O–H groups in total. The van der Waals surface area contributed by atoms with Crippen LogP contribution in [-0.2, 0) is 5.41 Å². The highest BCUT2D eigenvalue weighted by Crippen LogP contribution is 2.60. The first-order valence-electron chi connectivity index (χ1n) is 13.7. The van der Waals surface area contributed by atoms with Gasteiger partial charge in [0, 0.05) is 29.6 Å². The van der Waals surface area contributed by atoms with Crippen LogP contribution < -0.4 is 4.90 Å². The molecule has 4 bridgehead atoms. The Balaban J connectivity index is 1.25. The zero-order chi connectivity index (χ0) is 24.4. The molecule has 0 amide bonds. The van der Waals surface area contributed by atoms with Crippen LogP contribution in [-0.4, -0.2) is 18.3 Å². The molecule has 35 heavy (non-hydrogen) atoms. The average molecular weight is 487 g/mol. The fourth-order valence-electron chi connectivity index (χ4n) is 8.36. The van der Waals surface area contributed by atoms with E-state index in [2.05, 4.69) is 75.1 Å². The van der Waals surface area contributed by atoms with Gasteiger partial charge in [0.2, 0.25) is 0 Å². The standard InChI is InChI=1S/C32H39ClN2/c1-5-10-35-30-15-29(33)25(14-28(30)21(2)16-31(35,3)4)20-34-27-8-6-26(7-9-27)32-17-22-11-23(18-32)13-24(12-22)19-32/h6-9,14-16,20,22-24H,5,10-13,17-19H2,1-4H3. The van der Waals surface area contributed by atoms with Crippen molar-refractivity contribution in [2.75, 3.05) is 11.4 Å². The van der Waals surface area contributed by atoms with E-state index < -0.39 is 0 Å². The summed E-state index contributed by atoms with van der Waals surface area (Å²) in [6.45, 7) is 10.0. The number of benzene rings is 2. The Hall–Kier alpha value is -2.06. The Kier molecular flexibility index (Phi) is 5.68. The van der Waals surface area contributed by atoms with Gasteiger partial charge >= 0.3 is 0 Å². The van der Waals surface area contributed by atoms with Crippen molar-refractivity contribution in [2.45, 2.75) is 83.6 Å². The molecule has 7 rings (SSSR count). The molecule has 4 fully saturated rings. The van der Waals surface area contributed by atoms with Crippen LogP contribution >= 0.6 is 11.6 Å². The summed E-state index contributed by atoms with van der Waals surface area (Å²) in [4.78, 5) is 7.32. The molecule has 4 aliphatic carbocycles. The summed E-state index contributed by atoms with van der Waals surface area (Å²) >= 11 is 6.80. The highest BCUT2D eigenvalue weighted by atomic mass is 35.5. The molecule has 0 atom stereocenters. The van der Waals surface area contributed by atoms with Gasteiger partial charge in [-0.3, -0.25) is 4.99 Å². The van der Waals surface area contributed by atoms with E-state index in [0.29, 0.717) is 5.41 Å². The largest absolute Gasteiger partial charge is 0.362 e. The quantitative estimate of drug-likeness (QED) is 0.385. The fraction of sp³-hybridized carbons (Fsp3) is 0.531. The van der Waals surface area contributed by atoms with Crippen LogP contribution in [0.15, 0.2) is 47.5 Å². The van der Waals surface area contributed by atoms with Crippen molar-refractivity contribution in [2.24, 2.45) is 22.7 Å². The minimum absolute atomic E-state index is 0.00945. The minimum atomic E-state index is -0.00945. The van der Waals surface area contributed by atoms with Gasteiger partial charge < -0.3 is 4.90 Å². The van der Waals surface area contributed by atoms with E-state index in [9.17, 15) is 0 Å². The highest BCUT2D eigenvalue weighted by Gasteiger charge is 2.51. The van der Waals surface area contributed by atoms with E-state index >= 15 is 0 Å². The fourth-order valence-corrected chi connectivity index (χ4v) is 8.56. The highest BCUT2D eigenvalue weighted by molar-refractivity contribution is 6.33. The number of hydrogen-bond acceptors (Lipinski definition) is 2. The maximum atomic E-state index is 6.80. The van der Waals surface area contributed by atoms with Gasteiger partial charge in [-0.05, 0) is 124 Å². The van der Waals surface area contributed by atoms with Gasteiger partial charge in [-0.1, -0.05) is 36.7 Å². The monoisotopic (exact) mass is 486 g/mol. The number of halogens is 1. The molecule has 0 saturated heterocycles. The van der Waals surface area contributed by atoms with Gasteiger partial charge in [-0.15, -0.1) is 0 Å². The smallest absolute Gasteiger partial charge is 0.0630 e. The topological polar surface area (TPSA) is 15.6 Å². The normalized spacial score (nSPS) is 30.6. The lowest BCUT2D eigenvalue weighted by atomic mass is 9.48. The summed E-state index contributed by atoms with van der Waals surface area (Å²) in [5.41, 5.74) is 7.79. The lowest BCUT2D eigenvalue weighted by Gasteiger charge is -2.57. The molecule has 0 aromatic heterocycles. The minimum Gasteiger partial charge on any atom is -0.362 e. The zero-order valence-corrected chi connectivity index (χ0v) is 22.5. The van der Waals surface area contributed by atoms with E-state index in [1.807, 2.05) is 6.21 Å². The van der Waals surface area contributed by atoms with Crippen molar-refractivity contribution < 1.29 is 0 Å². The summed E-state index contributed by atoms with van der Waals surface area (Å²) in [5.74, 6) is 2.92. The van der Waals surface area contributed by atoms with Crippen molar-refractivity contribution >= 4 is 34.8 Å². The van der Waals surface area contributed by atoms with Crippen LogP contribution in [0.4, 0.5) is 11.4 Å². The van der Waals surface area contributed by atoms with Crippen LogP contribution in [0, 0.1) is 17.8 Å². The average Bonchev–Trinajstić information content (AvgIpc) is 2.80. The van der Waals surface area contributed by atoms with E-state index in [1.165, 1.54) is 55.3 Å².